The molecule has 3 rings (SSSR count). The van der Waals surface area contributed by atoms with Gasteiger partial charge in [0.15, 0.2) is 0 Å². The number of amides is 3. The molecule has 1 aliphatic rings. The molecule has 0 fully saturated rings. The van der Waals surface area contributed by atoms with E-state index in [2.05, 4.69) is 10.6 Å². The normalized spacial score (nSPS) is 14.1. The summed E-state index contributed by atoms with van der Waals surface area (Å²) in [5.74, 6) is -0.147. The van der Waals surface area contributed by atoms with Crippen LogP contribution in [0.5, 0.6) is 0 Å². The van der Waals surface area contributed by atoms with Gasteiger partial charge in [-0.05, 0) is 36.1 Å². The van der Waals surface area contributed by atoms with E-state index in [-0.39, 0.29) is 11.8 Å². The number of carbonyl (C=O) groups excluding carboxylic acids is 2. The minimum Gasteiger partial charge on any atom is -0.326 e. The number of urea groups is 1. The Bertz CT molecular complexity index is 822. The van der Waals surface area contributed by atoms with E-state index < -0.39 is 12.1 Å². The number of para-hydroxylation sites is 2. The molecule has 0 aliphatic carbocycles. The number of rotatable bonds is 4. The van der Waals surface area contributed by atoms with E-state index in [1.54, 1.807) is 29.2 Å². The molecule has 26 heavy (non-hydrogen) atoms. The molecule has 2 aromatic rings. The number of hydrogen-bond donors (Lipinski definition) is 2. The number of carbonyl (C=O) groups is 2. The fraction of sp³-hybridized carbons (Fsp3) is 0.300. The molecule has 0 aromatic heterocycles. The van der Waals surface area contributed by atoms with E-state index in [1.807, 2.05) is 38.1 Å². The molecule has 136 valence electrons. The highest BCUT2D eigenvalue weighted by atomic mass is 35.5. The van der Waals surface area contributed by atoms with Gasteiger partial charge in [-0.3, -0.25) is 4.79 Å². The Morgan fingerprint density at radius 1 is 1.08 bits per heavy atom. The third-order valence-electron chi connectivity index (χ3n) is 4.49. The summed E-state index contributed by atoms with van der Waals surface area (Å²) in [6.07, 6.45) is 0.832. The molecule has 1 unspecified atom stereocenters. The van der Waals surface area contributed by atoms with Crippen LogP contribution in [0.15, 0.2) is 48.5 Å². The number of halogens is 1. The van der Waals surface area contributed by atoms with Crippen LogP contribution < -0.4 is 15.5 Å². The van der Waals surface area contributed by atoms with Crippen molar-refractivity contribution >= 4 is 34.9 Å². The quantitative estimate of drug-likeness (QED) is 0.850. The highest BCUT2D eigenvalue weighted by Gasteiger charge is 2.32. The predicted molar refractivity (Wildman–Crippen MR) is 105 cm³/mol. The minimum atomic E-state index is -0.622. The van der Waals surface area contributed by atoms with E-state index in [0.29, 0.717) is 17.3 Å². The zero-order valence-electron chi connectivity index (χ0n) is 14.8. The highest BCUT2D eigenvalue weighted by molar-refractivity contribution is 6.33. The average molecular weight is 372 g/mol. The van der Waals surface area contributed by atoms with Gasteiger partial charge in [0.05, 0.1) is 10.7 Å². The maximum absolute atomic E-state index is 13.1. The standard InChI is InChI=1S/C20H22ClN3O2/c1-13(2)18(23-20(26)22-16-9-5-4-8-15(16)21)19(25)24-12-11-14-7-3-6-10-17(14)24/h3-10,13,18H,11-12H2,1-2H3,(H2,22,23,26). The summed E-state index contributed by atoms with van der Waals surface area (Å²) in [5, 5.41) is 5.95. The lowest BCUT2D eigenvalue weighted by Crippen LogP contribution is -2.52. The van der Waals surface area contributed by atoms with Crippen molar-refractivity contribution in [2.75, 3.05) is 16.8 Å². The number of fused-ring (bicyclic) bond motifs is 1. The summed E-state index contributed by atoms with van der Waals surface area (Å²) < 4.78 is 0. The van der Waals surface area contributed by atoms with Crippen molar-refractivity contribution in [1.82, 2.24) is 5.32 Å². The molecule has 0 radical (unpaired) electrons. The third kappa shape index (κ3) is 3.83. The van der Waals surface area contributed by atoms with Crippen LogP contribution in [-0.2, 0) is 11.2 Å². The van der Waals surface area contributed by atoms with Crippen molar-refractivity contribution < 1.29 is 9.59 Å². The maximum Gasteiger partial charge on any atom is 0.319 e. The lowest BCUT2D eigenvalue weighted by Gasteiger charge is -2.27. The largest absolute Gasteiger partial charge is 0.326 e. The average Bonchev–Trinajstić information content (AvgIpc) is 3.05. The van der Waals surface area contributed by atoms with Gasteiger partial charge in [-0.25, -0.2) is 4.79 Å². The van der Waals surface area contributed by atoms with Gasteiger partial charge in [-0.15, -0.1) is 0 Å². The predicted octanol–water partition coefficient (Wildman–Crippen LogP) is 4.08. The first-order valence-corrected chi connectivity index (χ1v) is 9.06. The summed E-state index contributed by atoms with van der Waals surface area (Å²) in [6, 6.07) is 13.8. The van der Waals surface area contributed by atoms with E-state index in [0.717, 1.165) is 17.7 Å². The fourth-order valence-corrected chi connectivity index (χ4v) is 3.29. The summed E-state index contributed by atoms with van der Waals surface area (Å²) in [4.78, 5) is 27.2. The molecule has 3 amide bonds. The second-order valence-corrected chi connectivity index (χ2v) is 7.08. The Kier molecular flexibility index (Phi) is 5.47. The van der Waals surface area contributed by atoms with Crippen molar-refractivity contribution in [3.8, 4) is 0 Å². The summed E-state index contributed by atoms with van der Waals surface area (Å²) in [6.45, 7) is 4.47. The molecule has 0 spiro atoms. The van der Waals surface area contributed by atoms with Gasteiger partial charge < -0.3 is 15.5 Å². The molecular weight excluding hydrogens is 350 g/mol. The van der Waals surface area contributed by atoms with Crippen LogP contribution in [0.1, 0.15) is 19.4 Å². The van der Waals surface area contributed by atoms with E-state index in [4.69, 9.17) is 11.6 Å². The van der Waals surface area contributed by atoms with Crippen LogP contribution in [0.4, 0.5) is 16.2 Å². The van der Waals surface area contributed by atoms with Gasteiger partial charge in [0, 0.05) is 12.2 Å². The molecular formula is C20H22ClN3O2. The zero-order valence-corrected chi connectivity index (χ0v) is 15.6. The molecule has 0 saturated heterocycles. The lowest BCUT2D eigenvalue weighted by molar-refractivity contribution is -0.121. The summed E-state index contributed by atoms with van der Waals surface area (Å²) in [5.41, 5.74) is 2.59. The van der Waals surface area contributed by atoms with E-state index >= 15 is 0 Å². The number of benzene rings is 2. The van der Waals surface area contributed by atoms with Crippen LogP contribution in [0.2, 0.25) is 5.02 Å². The Labute approximate surface area is 158 Å². The van der Waals surface area contributed by atoms with Crippen molar-refractivity contribution in [3.63, 3.8) is 0 Å². The molecule has 1 atom stereocenters. The minimum absolute atomic E-state index is 0.0488. The first-order chi connectivity index (χ1) is 12.5. The molecule has 6 heteroatoms. The van der Waals surface area contributed by atoms with Crippen molar-refractivity contribution in [2.24, 2.45) is 5.92 Å². The van der Waals surface area contributed by atoms with Gasteiger partial charge >= 0.3 is 6.03 Å². The fourth-order valence-electron chi connectivity index (χ4n) is 3.11. The number of anilines is 2. The van der Waals surface area contributed by atoms with E-state index in [1.165, 1.54) is 0 Å². The Balaban J connectivity index is 1.72. The van der Waals surface area contributed by atoms with Crippen molar-refractivity contribution in [3.05, 3.63) is 59.1 Å². The van der Waals surface area contributed by atoms with Crippen LogP contribution in [-0.4, -0.2) is 24.5 Å². The van der Waals surface area contributed by atoms with Crippen LogP contribution in [0.3, 0.4) is 0 Å². The second-order valence-electron chi connectivity index (χ2n) is 6.67. The van der Waals surface area contributed by atoms with Crippen LogP contribution in [0.25, 0.3) is 0 Å². The topological polar surface area (TPSA) is 61.4 Å². The second kappa shape index (κ2) is 7.79. The lowest BCUT2D eigenvalue weighted by atomic mass is 10.0. The smallest absolute Gasteiger partial charge is 0.319 e. The molecule has 2 N–H and O–H groups in total. The van der Waals surface area contributed by atoms with Crippen LogP contribution >= 0.6 is 11.6 Å². The number of hydrogen-bond acceptors (Lipinski definition) is 2. The molecule has 2 aromatic carbocycles. The molecule has 1 aliphatic heterocycles. The van der Waals surface area contributed by atoms with Gasteiger partial charge in [0.1, 0.15) is 6.04 Å². The van der Waals surface area contributed by atoms with Crippen molar-refractivity contribution in [1.29, 1.82) is 0 Å². The van der Waals surface area contributed by atoms with E-state index in [9.17, 15) is 9.59 Å². The van der Waals surface area contributed by atoms with Gasteiger partial charge in [-0.2, -0.15) is 0 Å². The SMILES string of the molecule is CC(C)C(NC(=O)Nc1ccccc1Cl)C(=O)N1CCc2ccccc21. The maximum atomic E-state index is 13.1. The molecule has 1 heterocycles. The summed E-state index contributed by atoms with van der Waals surface area (Å²) in [7, 11) is 0. The van der Waals surface area contributed by atoms with Gasteiger partial charge in [0.2, 0.25) is 5.91 Å². The first kappa shape index (κ1) is 18.3. The highest BCUT2D eigenvalue weighted by Crippen LogP contribution is 2.28. The Hall–Kier alpha value is -2.53. The molecule has 0 bridgehead atoms. The molecule has 5 nitrogen and oxygen atoms in total. The van der Waals surface area contributed by atoms with Crippen LogP contribution in [0, 0.1) is 5.92 Å². The van der Waals surface area contributed by atoms with Gasteiger partial charge in [-0.1, -0.05) is 55.8 Å². The number of nitrogens with one attached hydrogen (secondary N) is 2. The Morgan fingerprint density at radius 2 is 1.77 bits per heavy atom. The van der Waals surface area contributed by atoms with Crippen molar-refractivity contribution in [2.45, 2.75) is 26.3 Å². The Morgan fingerprint density at radius 3 is 2.50 bits per heavy atom. The number of nitrogens with zero attached hydrogens (tertiary/aromatic N) is 1. The monoisotopic (exact) mass is 371 g/mol. The zero-order chi connectivity index (χ0) is 18.7. The molecule has 0 saturated carbocycles. The van der Waals surface area contributed by atoms with Gasteiger partial charge in [0.25, 0.3) is 0 Å². The summed E-state index contributed by atoms with van der Waals surface area (Å²) >= 11 is 6.07. The first-order valence-electron chi connectivity index (χ1n) is 8.68. The third-order valence-corrected chi connectivity index (χ3v) is 4.82.